The zero-order chi connectivity index (χ0) is 11.8. The second kappa shape index (κ2) is 3.93. The maximum absolute atomic E-state index is 11.1. The van der Waals surface area contributed by atoms with Gasteiger partial charge in [0.25, 0.3) is 0 Å². The van der Waals surface area contributed by atoms with Crippen molar-refractivity contribution in [3.05, 3.63) is 29.3 Å². The molecule has 2 heteroatoms. The number of ether oxygens (including phenoxy) is 1. The predicted octanol–water partition coefficient (Wildman–Crippen LogP) is 2.95. The summed E-state index contributed by atoms with van der Waals surface area (Å²) in [7, 11) is 1.70. The van der Waals surface area contributed by atoms with Gasteiger partial charge in [-0.2, -0.15) is 0 Å². The molecule has 1 atom stereocenters. The first-order chi connectivity index (χ1) is 7.60. The van der Waals surface area contributed by atoms with E-state index in [1.54, 1.807) is 7.11 Å². The summed E-state index contributed by atoms with van der Waals surface area (Å²) in [6, 6.07) is 6.13. The highest BCUT2D eigenvalue weighted by molar-refractivity contribution is 5.62. The van der Waals surface area contributed by atoms with Crippen LogP contribution in [0.25, 0.3) is 0 Å². The topological polar surface area (TPSA) is 26.3 Å². The highest BCUT2D eigenvalue weighted by atomic mass is 16.5. The van der Waals surface area contributed by atoms with Crippen LogP contribution in [0.2, 0.25) is 0 Å². The fourth-order valence-electron chi connectivity index (χ4n) is 2.67. The Balaban J connectivity index is 2.44. The summed E-state index contributed by atoms with van der Waals surface area (Å²) in [6.45, 7) is 4.03. The van der Waals surface area contributed by atoms with Crippen molar-refractivity contribution in [2.24, 2.45) is 5.41 Å². The molecule has 1 aliphatic rings. The summed E-state index contributed by atoms with van der Waals surface area (Å²) >= 11 is 0. The largest absolute Gasteiger partial charge is 0.496 e. The molecule has 0 aromatic heterocycles. The van der Waals surface area contributed by atoms with E-state index in [4.69, 9.17) is 4.74 Å². The second-order valence-corrected chi connectivity index (χ2v) is 5.06. The molecule has 16 heavy (non-hydrogen) atoms. The Morgan fingerprint density at radius 1 is 1.44 bits per heavy atom. The molecule has 1 aromatic carbocycles. The van der Waals surface area contributed by atoms with E-state index in [1.165, 1.54) is 11.1 Å². The van der Waals surface area contributed by atoms with Gasteiger partial charge in [-0.1, -0.05) is 26.0 Å². The second-order valence-electron chi connectivity index (χ2n) is 5.06. The van der Waals surface area contributed by atoms with E-state index >= 15 is 0 Å². The molecule has 2 rings (SSSR count). The van der Waals surface area contributed by atoms with Crippen molar-refractivity contribution in [1.29, 1.82) is 0 Å². The third-order valence-electron chi connectivity index (χ3n) is 3.65. The summed E-state index contributed by atoms with van der Waals surface area (Å²) in [6.07, 6.45) is 3.13. The SMILES string of the molecule is COc1cccc2c1CCC2C(C)(C)C=O. The highest BCUT2D eigenvalue weighted by Crippen LogP contribution is 2.46. The van der Waals surface area contributed by atoms with Crippen molar-refractivity contribution in [2.75, 3.05) is 7.11 Å². The molecule has 0 saturated carbocycles. The first kappa shape index (κ1) is 11.2. The summed E-state index contributed by atoms with van der Waals surface area (Å²) in [5.74, 6) is 1.29. The lowest BCUT2D eigenvalue weighted by molar-refractivity contribution is -0.115. The van der Waals surface area contributed by atoms with Crippen LogP contribution < -0.4 is 4.74 Å². The van der Waals surface area contributed by atoms with Gasteiger partial charge in [-0.25, -0.2) is 0 Å². The monoisotopic (exact) mass is 218 g/mol. The Kier molecular flexibility index (Phi) is 2.75. The van der Waals surface area contributed by atoms with Gasteiger partial charge in [0.15, 0.2) is 0 Å². The number of hydrogen-bond donors (Lipinski definition) is 0. The lowest BCUT2D eigenvalue weighted by atomic mass is 9.77. The zero-order valence-electron chi connectivity index (χ0n) is 10.1. The van der Waals surface area contributed by atoms with Gasteiger partial charge < -0.3 is 9.53 Å². The summed E-state index contributed by atoms with van der Waals surface area (Å²) < 4.78 is 5.36. The van der Waals surface area contributed by atoms with Gasteiger partial charge in [-0.3, -0.25) is 0 Å². The molecule has 0 fully saturated rings. The molecule has 0 heterocycles. The Morgan fingerprint density at radius 2 is 2.19 bits per heavy atom. The van der Waals surface area contributed by atoms with E-state index in [-0.39, 0.29) is 5.41 Å². The Morgan fingerprint density at radius 3 is 2.81 bits per heavy atom. The van der Waals surface area contributed by atoms with Crippen LogP contribution in [0.4, 0.5) is 0 Å². The normalized spacial score (nSPS) is 19.3. The average molecular weight is 218 g/mol. The molecule has 0 saturated heterocycles. The van der Waals surface area contributed by atoms with E-state index < -0.39 is 0 Å². The number of hydrogen-bond acceptors (Lipinski definition) is 2. The molecule has 1 aliphatic carbocycles. The van der Waals surface area contributed by atoms with Gasteiger partial charge in [0.1, 0.15) is 12.0 Å². The first-order valence-corrected chi connectivity index (χ1v) is 5.72. The molecular formula is C14H18O2. The molecular weight excluding hydrogens is 200 g/mol. The predicted molar refractivity (Wildman–Crippen MR) is 63.9 cm³/mol. The van der Waals surface area contributed by atoms with E-state index in [2.05, 4.69) is 6.07 Å². The van der Waals surface area contributed by atoms with Crippen LogP contribution in [0, 0.1) is 5.41 Å². The highest BCUT2D eigenvalue weighted by Gasteiger charge is 2.36. The fraction of sp³-hybridized carbons (Fsp3) is 0.500. The Bertz CT molecular complexity index is 407. The van der Waals surface area contributed by atoms with Gasteiger partial charge >= 0.3 is 0 Å². The molecule has 0 amide bonds. The number of aldehydes is 1. The van der Waals surface area contributed by atoms with E-state index in [1.807, 2.05) is 26.0 Å². The van der Waals surface area contributed by atoms with Gasteiger partial charge in [-0.05, 0) is 36.0 Å². The van der Waals surface area contributed by atoms with Crippen LogP contribution in [0.5, 0.6) is 5.75 Å². The fourth-order valence-corrected chi connectivity index (χ4v) is 2.67. The summed E-state index contributed by atoms with van der Waals surface area (Å²) in [5, 5.41) is 0. The lowest BCUT2D eigenvalue weighted by Crippen LogP contribution is -2.21. The van der Waals surface area contributed by atoms with Crippen molar-refractivity contribution in [3.8, 4) is 5.75 Å². The van der Waals surface area contributed by atoms with Crippen molar-refractivity contribution >= 4 is 6.29 Å². The number of methoxy groups -OCH3 is 1. The van der Waals surface area contributed by atoms with Gasteiger partial charge in [0.05, 0.1) is 7.11 Å². The molecule has 0 bridgehead atoms. The van der Waals surface area contributed by atoms with Gasteiger partial charge in [0.2, 0.25) is 0 Å². The van der Waals surface area contributed by atoms with Crippen LogP contribution in [0.1, 0.15) is 37.3 Å². The smallest absolute Gasteiger partial charge is 0.126 e. The Hall–Kier alpha value is -1.31. The van der Waals surface area contributed by atoms with Crippen LogP contribution in [-0.2, 0) is 11.2 Å². The molecule has 2 nitrogen and oxygen atoms in total. The maximum Gasteiger partial charge on any atom is 0.126 e. The molecule has 1 unspecified atom stereocenters. The van der Waals surface area contributed by atoms with E-state index in [0.29, 0.717) is 5.92 Å². The third kappa shape index (κ3) is 1.62. The number of fused-ring (bicyclic) bond motifs is 1. The van der Waals surface area contributed by atoms with Crippen LogP contribution >= 0.6 is 0 Å². The van der Waals surface area contributed by atoms with Crippen molar-refractivity contribution < 1.29 is 9.53 Å². The Labute approximate surface area is 96.6 Å². The minimum Gasteiger partial charge on any atom is -0.496 e. The van der Waals surface area contributed by atoms with Gasteiger partial charge in [0, 0.05) is 5.41 Å². The summed E-state index contributed by atoms with van der Waals surface area (Å²) in [5.41, 5.74) is 2.29. The number of carbonyl (C=O) groups excluding carboxylic acids is 1. The van der Waals surface area contributed by atoms with Gasteiger partial charge in [-0.15, -0.1) is 0 Å². The third-order valence-corrected chi connectivity index (χ3v) is 3.65. The number of carbonyl (C=O) groups is 1. The maximum atomic E-state index is 11.1. The molecule has 0 radical (unpaired) electrons. The lowest BCUT2D eigenvalue weighted by Gasteiger charge is -2.26. The van der Waals surface area contributed by atoms with Crippen LogP contribution in [-0.4, -0.2) is 13.4 Å². The molecule has 0 N–H and O–H groups in total. The van der Waals surface area contributed by atoms with Crippen molar-refractivity contribution in [1.82, 2.24) is 0 Å². The van der Waals surface area contributed by atoms with Crippen molar-refractivity contribution in [2.45, 2.75) is 32.6 Å². The van der Waals surface area contributed by atoms with E-state index in [9.17, 15) is 4.79 Å². The van der Waals surface area contributed by atoms with Crippen molar-refractivity contribution in [3.63, 3.8) is 0 Å². The molecule has 1 aromatic rings. The minimum atomic E-state index is -0.280. The summed E-state index contributed by atoms with van der Waals surface area (Å²) in [4.78, 5) is 11.1. The molecule has 0 spiro atoms. The first-order valence-electron chi connectivity index (χ1n) is 5.72. The zero-order valence-corrected chi connectivity index (χ0v) is 10.1. The molecule has 0 aliphatic heterocycles. The molecule has 86 valence electrons. The quantitative estimate of drug-likeness (QED) is 0.729. The number of rotatable bonds is 3. The van der Waals surface area contributed by atoms with E-state index in [0.717, 1.165) is 24.9 Å². The average Bonchev–Trinajstić information content (AvgIpc) is 2.73. The standard InChI is InChI=1S/C14H18O2/c1-14(2,9-15)12-8-7-11-10(12)5-4-6-13(11)16-3/h4-6,9,12H,7-8H2,1-3H3. The number of benzene rings is 1. The van der Waals surface area contributed by atoms with Crippen LogP contribution in [0.15, 0.2) is 18.2 Å². The minimum absolute atomic E-state index is 0.280. The van der Waals surface area contributed by atoms with Crippen LogP contribution in [0.3, 0.4) is 0 Å².